The van der Waals surface area contributed by atoms with Crippen molar-refractivity contribution in [1.29, 1.82) is 0 Å². The van der Waals surface area contributed by atoms with Gasteiger partial charge in [0.1, 0.15) is 0 Å². The smallest absolute Gasteiger partial charge is 0.338 e. The first-order valence-corrected chi connectivity index (χ1v) is 8.79. The van der Waals surface area contributed by atoms with Crippen molar-refractivity contribution >= 4 is 35.1 Å². The molecule has 2 aromatic carbocycles. The minimum Gasteiger partial charge on any atom is -0.465 e. The molecule has 0 atom stereocenters. The molecule has 11 heteroatoms. The SMILES string of the molecule is COC(=O)c1cc(C(=O)OCC(=O)Nc2ccc(C(=O)N(C)C)cc2)cc([N+](=O)[O-])c1. The number of esters is 2. The first kappa shape index (κ1) is 23.0. The lowest BCUT2D eigenvalue weighted by Gasteiger charge is -2.11. The maximum absolute atomic E-state index is 12.2. The van der Waals surface area contributed by atoms with Gasteiger partial charge in [0.05, 0.1) is 23.2 Å². The monoisotopic (exact) mass is 429 g/mol. The first-order valence-electron chi connectivity index (χ1n) is 8.79. The lowest BCUT2D eigenvalue weighted by Crippen LogP contribution is -2.22. The summed E-state index contributed by atoms with van der Waals surface area (Å²) in [5.41, 5.74) is -0.192. The van der Waals surface area contributed by atoms with Crippen LogP contribution >= 0.6 is 0 Å². The summed E-state index contributed by atoms with van der Waals surface area (Å²) in [6.45, 7) is -0.673. The fourth-order valence-corrected chi connectivity index (χ4v) is 2.44. The third kappa shape index (κ3) is 6.10. The molecule has 162 valence electrons. The van der Waals surface area contributed by atoms with Crippen LogP contribution in [0, 0.1) is 10.1 Å². The van der Waals surface area contributed by atoms with Crippen LogP contribution in [0.25, 0.3) is 0 Å². The van der Waals surface area contributed by atoms with Crippen molar-refractivity contribution in [3.05, 3.63) is 69.3 Å². The van der Waals surface area contributed by atoms with Gasteiger partial charge in [0, 0.05) is 37.5 Å². The average Bonchev–Trinajstić information content (AvgIpc) is 2.76. The molecule has 0 spiro atoms. The fraction of sp³-hybridized carbons (Fsp3) is 0.200. The third-order valence-corrected chi connectivity index (χ3v) is 3.94. The van der Waals surface area contributed by atoms with E-state index in [-0.39, 0.29) is 17.0 Å². The number of nitrogens with one attached hydrogen (secondary N) is 1. The maximum atomic E-state index is 12.2. The molecule has 0 aromatic heterocycles. The minimum absolute atomic E-state index is 0.199. The molecule has 31 heavy (non-hydrogen) atoms. The number of nitro groups is 1. The Morgan fingerprint density at radius 1 is 0.968 bits per heavy atom. The van der Waals surface area contributed by atoms with Crippen LogP contribution < -0.4 is 5.32 Å². The Morgan fingerprint density at radius 3 is 2.06 bits per heavy atom. The van der Waals surface area contributed by atoms with Crippen molar-refractivity contribution in [2.45, 2.75) is 0 Å². The molecule has 0 radical (unpaired) electrons. The number of benzene rings is 2. The Balaban J connectivity index is 2.03. The zero-order valence-corrected chi connectivity index (χ0v) is 16.9. The molecule has 0 aliphatic rings. The lowest BCUT2D eigenvalue weighted by atomic mass is 10.1. The van der Waals surface area contributed by atoms with Gasteiger partial charge in [-0.2, -0.15) is 0 Å². The molecule has 0 fully saturated rings. The Morgan fingerprint density at radius 2 is 1.55 bits per heavy atom. The van der Waals surface area contributed by atoms with Crippen LogP contribution in [-0.4, -0.2) is 61.4 Å². The summed E-state index contributed by atoms with van der Waals surface area (Å²) in [5.74, 6) is -2.77. The van der Waals surface area contributed by atoms with Crippen molar-refractivity contribution in [1.82, 2.24) is 4.90 Å². The van der Waals surface area contributed by atoms with Gasteiger partial charge < -0.3 is 19.7 Å². The van der Waals surface area contributed by atoms with E-state index in [1.807, 2.05) is 0 Å². The van der Waals surface area contributed by atoms with E-state index in [0.29, 0.717) is 11.3 Å². The highest BCUT2D eigenvalue weighted by Gasteiger charge is 2.20. The van der Waals surface area contributed by atoms with Crippen LogP contribution in [0.3, 0.4) is 0 Å². The van der Waals surface area contributed by atoms with Gasteiger partial charge in [0.25, 0.3) is 17.5 Å². The Kier molecular flexibility index (Phi) is 7.39. The molecule has 0 aliphatic carbocycles. The molecule has 0 heterocycles. The van der Waals surface area contributed by atoms with Crippen molar-refractivity contribution < 1.29 is 33.6 Å². The molecule has 2 rings (SSSR count). The number of methoxy groups -OCH3 is 1. The average molecular weight is 429 g/mol. The maximum Gasteiger partial charge on any atom is 0.338 e. The van der Waals surface area contributed by atoms with Crippen molar-refractivity contribution in [2.75, 3.05) is 33.1 Å². The molecule has 0 unspecified atom stereocenters. The van der Waals surface area contributed by atoms with E-state index in [0.717, 1.165) is 25.3 Å². The molecule has 0 saturated carbocycles. The van der Waals surface area contributed by atoms with E-state index in [1.165, 1.54) is 29.2 Å². The molecule has 0 aliphatic heterocycles. The normalized spacial score (nSPS) is 10.0. The summed E-state index contributed by atoms with van der Waals surface area (Å²) in [7, 11) is 4.32. The highest BCUT2D eigenvalue weighted by Crippen LogP contribution is 2.19. The molecule has 11 nitrogen and oxygen atoms in total. The predicted molar refractivity (Wildman–Crippen MR) is 108 cm³/mol. The number of carbonyl (C=O) groups is 4. The van der Waals surface area contributed by atoms with Crippen LogP contribution in [0.5, 0.6) is 0 Å². The topological polar surface area (TPSA) is 145 Å². The molecule has 2 amide bonds. The number of hydrogen-bond acceptors (Lipinski definition) is 8. The van der Waals surface area contributed by atoms with Gasteiger partial charge in [-0.1, -0.05) is 0 Å². The second-order valence-electron chi connectivity index (χ2n) is 6.42. The summed E-state index contributed by atoms with van der Waals surface area (Å²) >= 11 is 0. The number of non-ortho nitro benzene ring substituents is 1. The number of nitrogens with zero attached hydrogens (tertiary/aromatic N) is 2. The van der Waals surface area contributed by atoms with Gasteiger partial charge in [0.15, 0.2) is 6.61 Å². The van der Waals surface area contributed by atoms with E-state index in [9.17, 15) is 29.3 Å². The second kappa shape index (κ2) is 9.96. The summed E-state index contributed by atoms with van der Waals surface area (Å²) in [4.78, 5) is 59.4. The summed E-state index contributed by atoms with van der Waals surface area (Å²) in [6, 6.07) is 9.04. The number of amides is 2. The van der Waals surface area contributed by atoms with Crippen molar-refractivity contribution in [3.8, 4) is 0 Å². The largest absolute Gasteiger partial charge is 0.465 e. The van der Waals surface area contributed by atoms with Gasteiger partial charge in [-0.15, -0.1) is 0 Å². The number of ether oxygens (including phenoxy) is 2. The van der Waals surface area contributed by atoms with Gasteiger partial charge in [0.2, 0.25) is 0 Å². The van der Waals surface area contributed by atoms with Crippen LogP contribution in [0.2, 0.25) is 0 Å². The Bertz CT molecular complexity index is 1030. The molecule has 0 saturated heterocycles. The fourth-order valence-electron chi connectivity index (χ4n) is 2.44. The second-order valence-corrected chi connectivity index (χ2v) is 6.42. The highest BCUT2D eigenvalue weighted by atomic mass is 16.6. The zero-order valence-electron chi connectivity index (χ0n) is 16.9. The Hall–Kier alpha value is -4.28. The van der Waals surface area contributed by atoms with Crippen molar-refractivity contribution in [2.24, 2.45) is 0 Å². The predicted octanol–water partition coefficient (Wildman–Crippen LogP) is 1.88. The number of hydrogen-bond donors (Lipinski definition) is 1. The molecule has 1 N–H and O–H groups in total. The van der Waals surface area contributed by atoms with E-state index in [4.69, 9.17) is 4.74 Å². The van der Waals surface area contributed by atoms with E-state index in [2.05, 4.69) is 10.1 Å². The Labute approximate surface area is 176 Å². The quantitative estimate of drug-likeness (QED) is 0.399. The number of rotatable bonds is 7. The van der Waals surface area contributed by atoms with Crippen LogP contribution in [0.4, 0.5) is 11.4 Å². The summed E-state index contributed by atoms with van der Waals surface area (Å²) < 4.78 is 9.38. The molecular weight excluding hydrogens is 410 g/mol. The minimum atomic E-state index is -1.03. The summed E-state index contributed by atoms with van der Waals surface area (Å²) in [6.07, 6.45) is 0. The number of anilines is 1. The van der Waals surface area contributed by atoms with Gasteiger partial charge >= 0.3 is 11.9 Å². The number of nitro benzene ring substituents is 1. The highest BCUT2D eigenvalue weighted by molar-refractivity contribution is 5.99. The molecule has 0 bridgehead atoms. The first-order chi connectivity index (χ1) is 14.6. The van der Waals surface area contributed by atoms with E-state index < -0.39 is 35.1 Å². The lowest BCUT2D eigenvalue weighted by molar-refractivity contribution is -0.384. The standard InChI is InChI=1S/C20H19N3O8/c1-22(2)18(25)12-4-6-15(7-5-12)21-17(24)11-31-20(27)14-8-13(19(26)30-3)9-16(10-14)23(28)29/h4-10H,11H2,1-3H3,(H,21,24). The summed E-state index contributed by atoms with van der Waals surface area (Å²) in [5, 5.41) is 13.5. The number of carbonyl (C=O) groups excluding carboxylic acids is 4. The third-order valence-electron chi connectivity index (χ3n) is 3.94. The van der Waals surface area contributed by atoms with E-state index in [1.54, 1.807) is 14.1 Å². The molecule has 2 aromatic rings. The zero-order chi connectivity index (χ0) is 23.1. The van der Waals surface area contributed by atoms with Crippen molar-refractivity contribution in [3.63, 3.8) is 0 Å². The van der Waals surface area contributed by atoms with Gasteiger partial charge in [-0.3, -0.25) is 19.7 Å². The van der Waals surface area contributed by atoms with Crippen LogP contribution in [0.1, 0.15) is 31.1 Å². The van der Waals surface area contributed by atoms with E-state index >= 15 is 0 Å². The van der Waals surface area contributed by atoms with Crippen LogP contribution in [-0.2, 0) is 14.3 Å². The van der Waals surface area contributed by atoms with Gasteiger partial charge in [-0.05, 0) is 30.3 Å². The molecular formula is C20H19N3O8. The van der Waals surface area contributed by atoms with Gasteiger partial charge in [-0.25, -0.2) is 9.59 Å². The van der Waals surface area contributed by atoms with Crippen LogP contribution in [0.15, 0.2) is 42.5 Å².